The zero-order chi connectivity index (χ0) is 14.0. The topological polar surface area (TPSA) is 58.6 Å². The molecule has 2 atom stereocenters. The summed E-state index contributed by atoms with van der Waals surface area (Å²) in [5, 5.41) is 11.5. The molecular weight excluding hydrogens is 283 g/mol. The van der Waals surface area contributed by atoms with Crippen LogP contribution in [0.5, 0.6) is 5.75 Å². The SMILES string of the molecule is O=C(O)[C@@H]1CSC(c2ccc(OC(F)(F)F)cc2)N1. The van der Waals surface area contributed by atoms with Gasteiger partial charge in [0.05, 0.1) is 5.37 Å². The van der Waals surface area contributed by atoms with Gasteiger partial charge in [-0.3, -0.25) is 10.1 Å². The number of carbonyl (C=O) groups is 1. The van der Waals surface area contributed by atoms with E-state index in [0.717, 1.165) is 0 Å². The standard InChI is InChI=1S/C11H10F3NO3S/c12-11(13,14)18-7-3-1-6(2-4-7)9-15-8(5-19-9)10(16)17/h1-4,8-9,15H,5H2,(H,16,17)/t8-,9?/m0/s1. The minimum absolute atomic E-state index is 0.235. The lowest BCUT2D eigenvalue weighted by molar-refractivity contribution is -0.274. The zero-order valence-corrected chi connectivity index (χ0v) is 10.3. The second-order valence-corrected chi connectivity index (χ2v) is 5.03. The monoisotopic (exact) mass is 293 g/mol. The predicted molar refractivity (Wildman–Crippen MR) is 62.9 cm³/mol. The predicted octanol–water partition coefficient (Wildman–Crippen LogP) is 2.37. The van der Waals surface area contributed by atoms with Crippen molar-refractivity contribution in [3.63, 3.8) is 0 Å². The van der Waals surface area contributed by atoms with Crippen LogP contribution < -0.4 is 10.1 Å². The van der Waals surface area contributed by atoms with Crippen molar-refractivity contribution in [2.75, 3.05) is 5.75 Å². The number of benzene rings is 1. The van der Waals surface area contributed by atoms with Crippen molar-refractivity contribution in [3.05, 3.63) is 29.8 Å². The van der Waals surface area contributed by atoms with E-state index in [2.05, 4.69) is 10.1 Å². The van der Waals surface area contributed by atoms with Crippen LogP contribution in [0, 0.1) is 0 Å². The van der Waals surface area contributed by atoms with Gasteiger partial charge in [0.25, 0.3) is 0 Å². The Kier molecular flexibility index (Phi) is 3.91. The van der Waals surface area contributed by atoms with Crippen molar-refractivity contribution in [1.82, 2.24) is 5.32 Å². The molecular formula is C11H10F3NO3S. The van der Waals surface area contributed by atoms with Crippen molar-refractivity contribution < 1.29 is 27.8 Å². The summed E-state index contributed by atoms with van der Waals surface area (Å²) < 4.78 is 39.7. The van der Waals surface area contributed by atoms with Gasteiger partial charge in [-0.05, 0) is 17.7 Å². The quantitative estimate of drug-likeness (QED) is 0.896. The van der Waals surface area contributed by atoms with Crippen LogP contribution in [-0.2, 0) is 4.79 Å². The Morgan fingerprint density at radius 1 is 1.37 bits per heavy atom. The van der Waals surface area contributed by atoms with Crippen LogP contribution in [0.25, 0.3) is 0 Å². The third kappa shape index (κ3) is 3.77. The number of alkyl halides is 3. The summed E-state index contributed by atoms with van der Waals surface area (Å²) in [5.41, 5.74) is 0.711. The largest absolute Gasteiger partial charge is 0.573 e. The molecule has 1 saturated heterocycles. The molecule has 1 aromatic rings. The molecule has 1 heterocycles. The van der Waals surface area contributed by atoms with Crippen LogP contribution in [0.2, 0.25) is 0 Å². The molecule has 2 rings (SSSR count). The second kappa shape index (κ2) is 5.30. The molecule has 1 unspecified atom stereocenters. The van der Waals surface area contributed by atoms with Gasteiger partial charge in [-0.2, -0.15) is 0 Å². The zero-order valence-electron chi connectivity index (χ0n) is 9.48. The van der Waals surface area contributed by atoms with Crippen LogP contribution in [0.4, 0.5) is 13.2 Å². The fourth-order valence-corrected chi connectivity index (χ4v) is 2.88. The number of aliphatic carboxylic acids is 1. The van der Waals surface area contributed by atoms with Gasteiger partial charge in [0.15, 0.2) is 0 Å². The molecule has 0 aliphatic carbocycles. The Hall–Kier alpha value is -1.41. The molecule has 19 heavy (non-hydrogen) atoms. The van der Waals surface area contributed by atoms with Crippen LogP contribution in [-0.4, -0.2) is 29.2 Å². The van der Waals surface area contributed by atoms with Gasteiger partial charge < -0.3 is 9.84 Å². The number of rotatable bonds is 3. The number of halogens is 3. The van der Waals surface area contributed by atoms with Crippen molar-refractivity contribution in [2.45, 2.75) is 17.8 Å². The van der Waals surface area contributed by atoms with Gasteiger partial charge in [0.1, 0.15) is 11.8 Å². The number of hydrogen-bond donors (Lipinski definition) is 2. The number of ether oxygens (including phenoxy) is 1. The van der Waals surface area contributed by atoms with E-state index in [-0.39, 0.29) is 11.1 Å². The van der Waals surface area contributed by atoms with E-state index in [0.29, 0.717) is 11.3 Å². The second-order valence-electron chi connectivity index (χ2n) is 3.89. The Labute approximate surface area is 110 Å². The summed E-state index contributed by atoms with van der Waals surface area (Å²) in [6.07, 6.45) is -4.71. The molecule has 0 bridgehead atoms. The molecule has 104 valence electrons. The maximum absolute atomic E-state index is 12.0. The Morgan fingerprint density at radius 3 is 2.47 bits per heavy atom. The number of thioether (sulfide) groups is 1. The highest BCUT2D eigenvalue weighted by Crippen LogP contribution is 2.34. The molecule has 2 N–H and O–H groups in total. The molecule has 0 saturated carbocycles. The Morgan fingerprint density at radius 2 is 2.00 bits per heavy atom. The minimum Gasteiger partial charge on any atom is -0.480 e. The number of carboxylic acids is 1. The summed E-state index contributed by atoms with van der Waals surface area (Å²) in [6.45, 7) is 0. The maximum atomic E-state index is 12.0. The summed E-state index contributed by atoms with van der Waals surface area (Å²) in [4.78, 5) is 10.8. The van der Waals surface area contributed by atoms with Gasteiger partial charge in [-0.1, -0.05) is 12.1 Å². The van der Waals surface area contributed by atoms with Crippen molar-refractivity contribution >= 4 is 17.7 Å². The maximum Gasteiger partial charge on any atom is 0.573 e. The van der Waals surface area contributed by atoms with Crippen molar-refractivity contribution in [3.8, 4) is 5.75 Å². The number of nitrogens with one attached hydrogen (secondary N) is 1. The highest BCUT2D eigenvalue weighted by Gasteiger charge is 2.32. The molecule has 0 aromatic heterocycles. The third-order valence-electron chi connectivity index (χ3n) is 2.50. The van der Waals surface area contributed by atoms with Crippen LogP contribution >= 0.6 is 11.8 Å². The van der Waals surface area contributed by atoms with E-state index in [1.165, 1.54) is 36.0 Å². The van der Waals surface area contributed by atoms with Crippen molar-refractivity contribution in [1.29, 1.82) is 0 Å². The lowest BCUT2D eigenvalue weighted by Crippen LogP contribution is -2.33. The van der Waals surface area contributed by atoms with Gasteiger partial charge in [-0.25, -0.2) is 0 Å². The summed E-state index contributed by atoms with van der Waals surface area (Å²) in [6, 6.07) is 4.74. The molecule has 4 nitrogen and oxygen atoms in total. The normalized spacial score (nSPS) is 23.3. The molecule has 8 heteroatoms. The molecule has 1 aliphatic heterocycles. The molecule has 0 radical (unpaired) electrons. The first-order chi connectivity index (χ1) is 8.85. The Bertz CT molecular complexity index is 463. The molecule has 1 fully saturated rings. The Balaban J connectivity index is 2.01. The first kappa shape index (κ1) is 14.0. The van der Waals surface area contributed by atoms with E-state index < -0.39 is 18.4 Å². The van der Waals surface area contributed by atoms with E-state index in [1.54, 1.807) is 0 Å². The van der Waals surface area contributed by atoms with E-state index in [1.807, 2.05) is 0 Å². The van der Waals surface area contributed by atoms with E-state index >= 15 is 0 Å². The third-order valence-corrected chi connectivity index (χ3v) is 3.76. The highest BCUT2D eigenvalue weighted by molar-refractivity contribution is 7.99. The highest BCUT2D eigenvalue weighted by atomic mass is 32.2. The van der Waals surface area contributed by atoms with Crippen LogP contribution in [0.1, 0.15) is 10.9 Å². The van der Waals surface area contributed by atoms with Gasteiger partial charge in [-0.15, -0.1) is 24.9 Å². The summed E-state index contributed by atoms with van der Waals surface area (Å²) in [7, 11) is 0. The first-order valence-electron chi connectivity index (χ1n) is 5.31. The van der Waals surface area contributed by atoms with Gasteiger partial charge >= 0.3 is 12.3 Å². The van der Waals surface area contributed by atoms with E-state index in [9.17, 15) is 18.0 Å². The minimum atomic E-state index is -4.71. The average molecular weight is 293 g/mol. The van der Waals surface area contributed by atoms with Crippen LogP contribution in [0.15, 0.2) is 24.3 Å². The van der Waals surface area contributed by atoms with Crippen molar-refractivity contribution in [2.24, 2.45) is 0 Å². The fraction of sp³-hybridized carbons (Fsp3) is 0.364. The molecule has 0 amide bonds. The summed E-state index contributed by atoms with van der Waals surface area (Å²) >= 11 is 1.40. The number of hydrogen-bond acceptors (Lipinski definition) is 4. The molecule has 1 aliphatic rings. The van der Waals surface area contributed by atoms with Gasteiger partial charge in [0.2, 0.25) is 0 Å². The molecule has 0 spiro atoms. The number of carboxylic acid groups (broad SMARTS) is 1. The molecule has 1 aromatic carbocycles. The summed E-state index contributed by atoms with van der Waals surface area (Å²) in [5.74, 6) is -0.818. The lowest BCUT2D eigenvalue weighted by atomic mass is 10.2. The van der Waals surface area contributed by atoms with Gasteiger partial charge in [0, 0.05) is 5.75 Å². The van der Waals surface area contributed by atoms with E-state index in [4.69, 9.17) is 5.11 Å². The fourth-order valence-electron chi connectivity index (χ4n) is 1.65. The average Bonchev–Trinajstić information content (AvgIpc) is 2.77. The smallest absolute Gasteiger partial charge is 0.480 e. The first-order valence-corrected chi connectivity index (χ1v) is 6.36. The lowest BCUT2D eigenvalue weighted by Gasteiger charge is -2.13. The van der Waals surface area contributed by atoms with Crippen LogP contribution in [0.3, 0.4) is 0 Å².